The van der Waals surface area contributed by atoms with E-state index >= 15 is 0 Å². The molecule has 0 N–H and O–H groups in total. The van der Waals surface area contributed by atoms with Gasteiger partial charge in [0.15, 0.2) is 0 Å². The lowest BCUT2D eigenvalue weighted by Crippen LogP contribution is -2.36. The minimum Gasteiger partial charge on any atom is -0.308 e. The molecular formula is C12H17ClN2O2. The van der Waals surface area contributed by atoms with Crippen molar-refractivity contribution in [2.45, 2.75) is 12.8 Å². The Bertz CT molecular complexity index is 379. The Balaban J connectivity index is 2.08. The zero-order chi connectivity index (χ0) is 12.6. The standard InChI is InChI=1S/C12H17ClN2O2/c1-14(2)5-6-15-11(16)9-4-3-8(13)7-10(9)12(15)17/h3,9-10H,4-7H2,1-2H3/t9-,10-/m0/s1. The fourth-order valence-electron chi connectivity index (χ4n) is 2.42. The Labute approximate surface area is 106 Å². The van der Waals surface area contributed by atoms with Crippen LogP contribution in [0, 0.1) is 11.8 Å². The Morgan fingerprint density at radius 2 is 2.00 bits per heavy atom. The van der Waals surface area contributed by atoms with Gasteiger partial charge >= 0.3 is 0 Å². The van der Waals surface area contributed by atoms with Crippen molar-refractivity contribution < 1.29 is 9.59 Å². The Morgan fingerprint density at radius 3 is 2.65 bits per heavy atom. The summed E-state index contributed by atoms with van der Waals surface area (Å²) < 4.78 is 0. The van der Waals surface area contributed by atoms with E-state index < -0.39 is 0 Å². The summed E-state index contributed by atoms with van der Waals surface area (Å²) >= 11 is 5.94. The first-order valence-electron chi connectivity index (χ1n) is 5.85. The lowest BCUT2D eigenvalue weighted by atomic mass is 9.85. The molecule has 1 heterocycles. The number of fused-ring (bicyclic) bond motifs is 1. The normalized spacial score (nSPS) is 28.7. The van der Waals surface area contributed by atoms with Gasteiger partial charge in [-0.25, -0.2) is 0 Å². The number of likely N-dealkylation sites (N-methyl/N-ethyl adjacent to an activating group) is 1. The molecule has 4 nitrogen and oxygen atoms in total. The molecule has 5 heteroatoms. The van der Waals surface area contributed by atoms with E-state index in [0.29, 0.717) is 31.0 Å². The van der Waals surface area contributed by atoms with Crippen LogP contribution in [-0.4, -0.2) is 48.8 Å². The summed E-state index contributed by atoms with van der Waals surface area (Å²) in [4.78, 5) is 27.6. The Morgan fingerprint density at radius 1 is 1.35 bits per heavy atom. The van der Waals surface area contributed by atoms with Crippen molar-refractivity contribution in [1.29, 1.82) is 0 Å². The van der Waals surface area contributed by atoms with Crippen molar-refractivity contribution in [3.8, 4) is 0 Å². The zero-order valence-electron chi connectivity index (χ0n) is 10.1. The Kier molecular flexibility index (Phi) is 3.54. The number of amides is 2. The third-order valence-electron chi connectivity index (χ3n) is 3.43. The molecule has 0 aromatic carbocycles. The molecule has 17 heavy (non-hydrogen) atoms. The van der Waals surface area contributed by atoms with Gasteiger partial charge in [-0.1, -0.05) is 17.7 Å². The minimum absolute atomic E-state index is 0.0257. The lowest BCUT2D eigenvalue weighted by molar-refractivity contribution is -0.140. The molecule has 2 atom stereocenters. The van der Waals surface area contributed by atoms with Gasteiger partial charge in [-0.3, -0.25) is 14.5 Å². The van der Waals surface area contributed by atoms with E-state index in [-0.39, 0.29) is 23.7 Å². The number of carbonyl (C=O) groups excluding carboxylic acids is 2. The molecule has 2 rings (SSSR count). The number of allylic oxidation sites excluding steroid dienone is 2. The second-order valence-corrected chi connectivity index (χ2v) is 5.42. The predicted molar refractivity (Wildman–Crippen MR) is 65.4 cm³/mol. The molecule has 1 saturated heterocycles. The molecule has 0 aromatic heterocycles. The van der Waals surface area contributed by atoms with Crippen LogP contribution < -0.4 is 0 Å². The average Bonchev–Trinajstić information content (AvgIpc) is 2.49. The minimum atomic E-state index is -0.220. The highest BCUT2D eigenvalue weighted by atomic mass is 35.5. The van der Waals surface area contributed by atoms with E-state index in [4.69, 9.17) is 11.6 Å². The summed E-state index contributed by atoms with van der Waals surface area (Å²) in [5, 5.41) is 0.710. The number of hydrogen-bond acceptors (Lipinski definition) is 3. The summed E-state index contributed by atoms with van der Waals surface area (Å²) in [6.45, 7) is 1.19. The van der Waals surface area contributed by atoms with Gasteiger partial charge in [0.25, 0.3) is 0 Å². The largest absolute Gasteiger partial charge is 0.308 e. The molecular weight excluding hydrogens is 240 g/mol. The summed E-state index contributed by atoms with van der Waals surface area (Å²) in [6, 6.07) is 0. The molecule has 1 fully saturated rings. The molecule has 1 aliphatic heterocycles. The number of hydrogen-bond donors (Lipinski definition) is 0. The van der Waals surface area contributed by atoms with E-state index in [1.807, 2.05) is 25.1 Å². The van der Waals surface area contributed by atoms with Crippen LogP contribution in [0.25, 0.3) is 0 Å². The van der Waals surface area contributed by atoms with E-state index in [0.717, 1.165) is 0 Å². The second-order valence-electron chi connectivity index (χ2n) is 4.94. The van der Waals surface area contributed by atoms with Gasteiger partial charge in [0, 0.05) is 18.1 Å². The van der Waals surface area contributed by atoms with Crippen molar-refractivity contribution in [1.82, 2.24) is 9.80 Å². The molecule has 2 aliphatic rings. The fourth-order valence-corrected chi connectivity index (χ4v) is 2.67. The number of imide groups is 1. The maximum absolute atomic E-state index is 12.1. The van der Waals surface area contributed by atoms with Crippen molar-refractivity contribution in [3.63, 3.8) is 0 Å². The van der Waals surface area contributed by atoms with Gasteiger partial charge in [-0.05, 0) is 26.9 Å². The number of rotatable bonds is 3. The molecule has 1 aliphatic carbocycles. The maximum Gasteiger partial charge on any atom is 0.233 e. The van der Waals surface area contributed by atoms with Gasteiger partial charge in [0.1, 0.15) is 0 Å². The van der Waals surface area contributed by atoms with E-state index in [1.165, 1.54) is 4.90 Å². The maximum atomic E-state index is 12.1. The van der Waals surface area contributed by atoms with Crippen LogP contribution in [-0.2, 0) is 9.59 Å². The number of nitrogens with zero attached hydrogens (tertiary/aromatic N) is 2. The van der Waals surface area contributed by atoms with Gasteiger partial charge in [-0.15, -0.1) is 0 Å². The van der Waals surface area contributed by atoms with Crippen molar-refractivity contribution in [2.24, 2.45) is 11.8 Å². The van der Waals surface area contributed by atoms with Crippen LogP contribution in [0.3, 0.4) is 0 Å². The highest BCUT2D eigenvalue weighted by Gasteiger charge is 2.47. The van der Waals surface area contributed by atoms with Gasteiger partial charge in [-0.2, -0.15) is 0 Å². The third-order valence-corrected chi connectivity index (χ3v) is 3.74. The molecule has 0 unspecified atom stereocenters. The zero-order valence-corrected chi connectivity index (χ0v) is 10.9. The molecule has 0 spiro atoms. The number of halogens is 1. The van der Waals surface area contributed by atoms with Gasteiger partial charge < -0.3 is 4.90 Å². The van der Waals surface area contributed by atoms with Crippen LogP contribution in [0.4, 0.5) is 0 Å². The van der Waals surface area contributed by atoms with Crippen molar-refractivity contribution >= 4 is 23.4 Å². The van der Waals surface area contributed by atoms with Gasteiger partial charge in [0.05, 0.1) is 11.8 Å². The van der Waals surface area contributed by atoms with E-state index in [2.05, 4.69) is 0 Å². The molecule has 0 aromatic rings. The van der Waals surface area contributed by atoms with Crippen LogP contribution >= 0.6 is 11.6 Å². The summed E-state index contributed by atoms with van der Waals surface area (Å²) in [5.41, 5.74) is 0. The first-order chi connectivity index (χ1) is 8.00. The van der Waals surface area contributed by atoms with E-state index in [1.54, 1.807) is 0 Å². The first-order valence-corrected chi connectivity index (χ1v) is 6.23. The predicted octanol–water partition coefficient (Wildman–Crippen LogP) is 1.07. The third kappa shape index (κ3) is 2.38. The fraction of sp³-hybridized carbons (Fsp3) is 0.667. The van der Waals surface area contributed by atoms with Crippen LogP contribution in [0.1, 0.15) is 12.8 Å². The van der Waals surface area contributed by atoms with Crippen LogP contribution in [0.15, 0.2) is 11.1 Å². The smallest absolute Gasteiger partial charge is 0.233 e. The molecule has 0 radical (unpaired) electrons. The van der Waals surface area contributed by atoms with Crippen molar-refractivity contribution in [2.75, 3.05) is 27.2 Å². The van der Waals surface area contributed by atoms with E-state index in [9.17, 15) is 9.59 Å². The highest BCUT2D eigenvalue weighted by molar-refractivity contribution is 6.30. The van der Waals surface area contributed by atoms with Crippen LogP contribution in [0.2, 0.25) is 0 Å². The summed E-state index contributed by atoms with van der Waals surface area (Å²) in [7, 11) is 3.85. The monoisotopic (exact) mass is 256 g/mol. The average molecular weight is 257 g/mol. The summed E-state index contributed by atoms with van der Waals surface area (Å²) in [6.07, 6.45) is 2.99. The van der Waals surface area contributed by atoms with Gasteiger partial charge in [0.2, 0.25) is 11.8 Å². The summed E-state index contributed by atoms with van der Waals surface area (Å²) in [5.74, 6) is -0.468. The Hall–Kier alpha value is -0.870. The SMILES string of the molecule is CN(C)CCN1C(=O)[C@H]2CC=C(Cl)C[C@@H]2C1=O. The lowest BCUT2D eigenvalue weighted by Gasteiger charge is -2.17. The topological polar surface area (TPSA) is 40.6 Å². The van der Waals surface area contributed by atoms with Crippen LogP contribution in [0.5, 0.6) is 0 Å². The molecule has 0 saturated carbocycles. The number of likely N-dealkylation sites (tertiary alicyclic amines) is 1. The first kappa shape index (κ1) is 12.6. The molecule has 94 valence electrons. The highest BCUT2D eigenvalue weighted by Crippen LogP contribution is 2.38. The number of carbonyl (C=O) groups is 2. The quantitative estimate of drug-likeness (QED) is 0.709. The molecule has 0 bridgehead atoms. The molecule has 2 amide bonds. The van der Waals surface area contributed by atoms with Crippen molar-refractivity contribution in [3.05, 3.63) is 11.1 Å². The second kappa shape index (κ2) is 4.78.